The second kappa shape index (κ2) is 20.4. The summed E-state index contributed by atoms with van der Waals surface area (Å²) in [5.74, 6) is 0. The monoisotopic (exact) mass is 439 g/mol. The first-order chi connectivity index (χ1) is 12.8. The van der Waals surface area contributed by atoms with E-state index in [1.807, 2.05) is 0 Å². The molecule has 0 atom stereocenters. The fourth-order valence-corrected chi connectivity index (χ4v) is 3.70. The summed E-state index contributed by atoms with van der Waals surface area (Å²) in [5, 5.41) is 0. The summed E-state index contributed by atoms with van der Waals surface area (Å²) in [6, 6.07) is 10.9. The highest BCUT2D eigenvalue weighted by molar-refractivity contribution is 8.93. The van der Waals surface area contributed by atoms with Gasteiger partial charge >= 0.3 is 0 Å². The fraction of sp³-hybridized carbons (Fsp3) is 0.760. The maximum atomic E-state index is 2.30. The number of hydrogen-bond acceptors (Lipinski definition) is 1. The van der Waals surface area contributed by atoms with Crippen LogP contribution in [0.15, 0.2) is 30.3 Å². The maximum absolute atomic E-state index is 2.30. The minimum absolute atomic E-state index is 0. The van der Waals surface area contributed by atoms with Crippen LogP contribution < -0.4 is 0 Å². The molecule has 1 aromatic carbocycles. The highest BCUT2D eigenvalue weighted by atomic mass is 79.9. The zero-order chi connectivity index (χ0) is 18.7. The van der Waals surface area contributed by atoms with Crippen molar-refractivity contribution in [2.45, 2.75) is 103 Å². The summed E-state index contributed by atoms with van der Waals surface area (Å²) in [6.07, 6.45) is 22.8. The Kier molecular flexibility index (Phi) is 20.1. The minimum atomic E-state index is 0. The molecule has 0 amide bonds. The molecule has 1 aromatic rings. The molecule has 1 nitrogen and oxygen atoms in total. The van der Waals surface area contributed by atoms with Gasteiger partial charge in [0.2, 0.25) is 0 Å². The maximum Gasteiger partial charge on any atom is -0.00248 e. The van der Waals surface area contributed by atoms with Gasteiger partial charge in [0, 0.05) is 0 Å². The van der Waals surface area contributed by atoms with Gasteiger partial charge < -0.3 is 4.90 Å². The van der Waals surface area contributed by atoms with Crippen molar-refractivity contribution in [3.8, 4) is 0 Å². The lowest BCUT2D eigenvalue weighted by molar-refractivity contribution is 0.389. The van der Waals surface area contributed by atoms with E-state index in [-0.39, 0.29) is 17.0 Å². The van der Waals surface area contributed by atoms with Crippen molar-refractivity contribution in [3.63, 3.8) is 0 Å². The molecule has 0 saturated heterocycles. The number of nitrogens with zero attached hydrogens (tertiary/aromatic N) is 1. The molecule has 27 heavy (non-hydrogen) atoms. The molecule has 0 bridgehead atoms. The first-order valence-corrected chi connectivity index (χ1v) is 11.5. The van der Waals surface area contributed by atoms with Crippen molar-refractivity contribution in [1.82, 2.24) is 4.90 Å². The van der Waals surface area contributed by atoms with Crippen LogP contribution in [-0.2, 0) is 6.42 Å². The third-order valence-electron chi connectivity index (χ3n) is 5.41. The van der Waals surface area contributed by atoms with Crippen molar-refractivity contribution < 1.29 is 0 Å². The van der Waals surface area contributed by atoms with Gasteiger partial charge in [0.25, 0.3) is 0 Å². The quantitative estimate of drug-likeness (QED) is 0.208. The zero-order valence-corrected chi connectivity index (χ0v) is 20.0. The highest BCUT2D eigenvalue weighted by Crippen LogP contribution is 2.14. The Morgan fingerprint density at radius 3 is 1.30 bits per heavy atom. The van der Waals surface area contributed by atoms with Gasteiger partial charge in [0.15, 0.2) is 0 Å². The molecular weight excluding hydrogens is 394 g/mol. The van der Waals surface area contributed by atoms with Crippen LogP contribution in [0.25, 0.3) is 0 Å². The Labute approximate surface area is 181 Å². The second-order valence-corrected chi connectivity index (χ2v) is 8.34. The van der Waals surface area contributed by atoms with Crippen molar-refractivity contribution in [1.29, 1.82) is 0 Å². The number of aryl methyl sites for hydroxylation is 1. The fourth-order valence-electron chi connectivity index (χ4n) is 3.70. The first-order valence-electron chi connectivity index (χ1n) is 11.5. The molecule has 0 heterocycles. The number of rotatable bonds is 18. The predicted molar refractivity (Wildman–Crippen MR) is 128 cm³/mol. The number of halogens is 1. The van der Waals surface area contributed by atoms with E-state index >= 15 is 0 Å². The van der Waals surface area contributed by atoms with Crippen LogP contribution in [0.5, 0.6) is 0 Å². The van der Waals surface area contributed by atoms with Gasteiger partial charge in [-0.15, -0.1) is 17.0 Å². The summed E-state index contributed by atoms with van der Waals surface area (Å²) < 4.78 is 0. The molecule has 1 rings (SSSR count). The molecule has 2 heteroatoms. The van der Waals surface area contributed by atoms with Gasteiger partial charge in [-0.2, -0.15) is 0 Å². The number of unbranched alkanes of at least 4 members (excludes halogenated alkanes) is 14. The first kappa shape index (κ1) is 26.7. The SMILES string of the molecule is Br.CN(C)CCCCCCCCCCCCCCCCCc1ccccc1. The summed E-state index contributed by atoms with van der Waals surface area (Å²) in [5.41, 5.74) is 1.50. The summed E-state index contributed by atoms with van der Waals surface area (Å²) in [6.45, 7) is 1.26. The van der Waals surface area contributed by atoms with Crippen LogP contribution in [0, 0.1) is 0 Å². The van der Waals surface area contributed by atoms with E-state index in [9.17, 15) is 0 Å². The number of hydrogen-bond donors (Lipinski definition) is 0. The summed E-state index contributed by atoms with van der Waals surface area (Å²) in [7, 11) is 4.35. The van der Waals surface area contributed by atoms with Gasteiger partial charge in [-0.05, 0) is 45.5 Å². The zero-order valence-electron chi connectivity index (χ0n) is 18.3. The summed E-state index contributed by atoms with van der Waals surface area (Å²) in [4.78, 5) is 2.30. The van der Waals surface area contributed by atoms with Crippen LogP contribution in [0.2, 0.25) is 0 Å². The lowest BCUT2D eigenvalue weighted by atomic mass is 10.0. The number of benzene rings is 1. The molecule has 0 radical (unpaired) electrons. The van der Waals surface area contributed by atoms with Gasteiger partial charge in [0.1, 0.15) is 0 Å². The third-order valence-corrected chi connectivity index (χ3v) is 5.41. The van der Waals surface area contributed by atoms with E-state index in [0.717, 1.165) is 0 Å². The normalized spacial score (nSPS) is 10.9. The highest BCUT2D eigenvalue weighted by Gasteiger charge is 1.96. The lowest BCUT2D eigenvalue weighted by Gasteiger charge is -2.08. The van der Waals surface area contributed by atoms with Crippen LogP contribution in [-0.4, -0.2) is 25.5 Å². The van der Waals surface area contributed by atoms with E-state index in [0.29, 0.717) is 0 Å². The van der Waals surface area contributed by atoms with Crippen molar-refractivity contribution in [3.05, 3.63) is 35.9 Å². The third kappa shape index (κ3) is 18.8. The minimum Gasteiger partial charge on any atom is -0.309 e. The van der Waals surface area contributed by atoms with Gasteiger partial charge in [-0.1, -0.05) is 114 Å². The molecule has 0 saturated carbocycles. The Bertz CT molecular complexity index is 391. The van der Waals surface area contributed by atoms with E-state index in [4.69, 9.17) is 0 Å². The average molecular weight is 441 g/mol. The Hall–Kier alpha value is -0.340. The van der Waals surface area contributed by atoms with Crippen molar-refractivity contribution in [2.75, 3.05) is 20.6 Å². The van der Waals surface area contributed by atoms with Gasteiger partial charge in [-0.3, -0.25) is 0 Å². The van der Waals surface area contributed by atoms with Crippen molar-refractivity contribution >= 4 is 17.0 Å². The lowest BCUT2D eigenvalue weighted by Crippen LogP contribution is -2.12. The standard InChI is InChI=1S/C25H45N.BrH/c1-26(2)24-20-15-13-11-9-7-5-3-4-6-8-10-12-14-17-21-25-22-18-16-19-23-25;/h16,18-19,22-23H,3-15,17,20-21,24H2,1-2H3;1H. The molecule has 158 valence electrons. The van der Waals surface area contributed by atoms with Crippen LogP contribution in [0.4, 0.5) is 0 Å². The van der Waals surface area contributed by atoms with Crippen molar-refractivity contribution in [2.24, 2.45) is 0 Å². The Balaban J connectivity index is 0.00000676. The smallest absolute Gasteiger partial charge is 0.00248 e. The summed E-state index contributed by atoms with van der Waals surface area (Å²) >= 11 is 0. The molecular formula is C25H46BrN. The van der Waals surface area contributed by atoms with Crippen LogP contribution >= 0.6 is 17.0 Å². The van der Waals surface area contributed by atoms with Crippen LogP contribution in [0.1, 0.15) is 102 Å². The van der Waals surface area contributed by atoms with E-state index in [1.54, 1.807) is 0 Å². The second-order valence-electron chi connectivity index (χ2n) is 8.34. The average Bonchev–Trinajstić information content (AvgIpc) is 2.65. The molecule has 0 fully saturated rings. The molecule has 0 N–H and O–H groups in total. The molecule has 0 aliphatic carbocycles. The molecule has 0 spiro atoms. The molecule has 0 aliphatic rings. The van der Waals surface area contributed by atoms with E-state index in [1.165, 1.54) is 115 Å². The van der Waals surface area contributed by atoms with Gasteiger partial charge in [0.05, 0.1) is 0 Å². The van der Waals surface area contributed by atoms with E-state index in [2.05, 4.69) is 49.3 Å². The van der Waals surface area contributed by atoms with E-state index < -0.39 is 0 Å². The largest absolute Gasteiger partial charge is 0.309 e. The Morgan fingerprint density at radius 2 is 0.889 bits per heavy atom. The topological polar surface area (TPSA) is 3.24 Å². The predicted octanol–water partition coefficient (Wildman–Crippen LogP) is 8.22. The molecule has 0 unspecified atom stereocenters. The Morgan fingerprint density at radius 1 is 0.519 bits per heavy atom. The van der Waals surface area contributed by atoms with Crippen LogP contribution in [0.3, 0.4) is 0 Å². The molecule has 0 aromatic heterocycles. The molecule has 0 aliphatic heterocycles. The van der Waals surface area contributed by atoms with Gasteiger partial charge in [-0.25, -0.2) is 0 Å².